The largest absolute Gasteiger partial charge is 0.342 e. The topological polar surface area (TPSA) is 81.4 Å². The van der Waals surface area contributed by atoms with Gasteiger partial charge < -0.3 is 5.32 Å². The first-order chi connectivity index (χ1) is 11.5. The smallest absolute Gasteiger partial charge is 0.331 e. The number of aromatic nitrogens is 1. The van der Waals surface area contributed by atoms with E-state index in [9.17, 15) is 10.1 Å². The number of anilines is 1. The number of hydrogen-bond acceptors (Lipinski definition) is 5. The second-order valence-electron chi connectivity index (χ2n) is 5.03. The molecule has 1 unspecified atom stereocenters. The summed E-state index contributed by atoms with van der Waals surface area (Å²) in [6, 6.07) is 5.31. The van der Waals surface area contributed by atoms with E-state index in [1.807, 2.05) is 6.92 Å². The first-order valence-corrected chi connectivity index (χ1v) is 8.49. The Balaban J connectivity index is 2.04. The van der Waals surface area contributed by atoms with Crippen LogP contribution in [0.4, 0.5) is 10.5 Å². The van der Waals surface area contributed by atoms with Crippen LogP contribution in [0.5, 0.6) is 0 Å². The number of urea groups is 1. The van der Waals surface area contributed by atoms with Crippen molar-refractivity contribution in [3.63, 3.8) is 0 Å². The summed E-state index contributed by atoms with van der Waals surface area (Å²) in [5, 5.41) is 17.9. The van der Waals surface area contributed by atoms with Gasteiger partial charge in [0.2, 0.25) is 0 Å². The van der Waals surface area contributed by atoms with Gasteiger partial charge in [0, 0.05) is 22.3 Å². The van der Waals surface area contributed by atoms with Gasteiger partial charge in [0.15, 0.2) is 4.47 Å². The van der Waals surface area contributed by atoms with E-state index in [4.69, 9.17) is 23.2 Å². The predicted molar refractivity (Wildman–Crippen MR) is 95.1 cm³/mol. The van der Waals surface area contributed by atoms with Crippen LogP contribution in [0.15, 0.2) is 23.4 Å². The molecular weight excluding hydrogens is 369 g/mol. The number of hydrazone groups is 1. The van der Waals surface area contributed by atoms with Crippen LogP contribution in [0, 0.1) is 18.3 Å². The summed E-state index contributed by atoms with van der Waals surface area (Å²) in [6.45, 7) is 2.23. The zero-order chi connectivity index (χ0) is 17.3. The minimum absolute atomic E-state index is 0.327. The minimum Gasteiger partial charge on any atom is -0.331 e. The van der Waals surface area contributed by atoms with E-state index in [1.54, 1.807) is 24.5 Å². The van der Waals surface area contributed by atoms with Crippen molar-refractivity contribution in [2.45, 2.75) is 12.8 Å². The minimum atomic E-state index is -0.574. The summed E-state index contributed by atoms with van der Waals surface area (Å²) < 4.78 is 0.370. The number of amides is 2. The van der Waals surface area contributed by atoms with Crippen molar-refractivity contribution in [2.24, 2.45) is 5.10 Å². The molecule has 122 valence electrons. The SMILES string of the molecule is Cc1cc(N2N=CCNC2=O)cc(Cl)c1C(C#N)c1cnc(Cl)s1. The third-order valence-corrected chi connectivity index (χ3v) is 4.99. The molecule has 1 N–H and O–H groups in total. The lowest BCUT2D eigenvalue weighted by molar-refractivity contribution is 0.247. The summed E-state index contributed by atoms with van der Waals surface area (Å²) in [4.78, 5) is 16.6. The van der Waals surface area contributed by atoms with Crippen molar-refractivity contribution in [1.82, 2.24) is 10.3 Å². The summed E-state index contributed by atoms with van der Waals surface area (Å²) in [7, 11) is 0. The molecule has 0 spiro atoms. The van der Waals surface area contributed by atoms with Crippen LogP contribution in [-0.2, 0) is 0 Å². The van der Waals surface area contributed by atoms with E-state index >= 15 is 0 Å². The van der Waals surface area contributed by atoms with Gasteiger partial charge in [-0.2, -0.15) is 15.4 Å². The normalized spacial score (nSPS) is 15.1. The Labute approximate surface area is 152 Å². The van der Waals surface area contributed by atoms with Crippen LogP contribution < -0.4 is 10.3 Å². The number of hydrogen-bond donors (Lipinski definition) is 1. The molecule has 9 heteroatoms. The summed E-state index contributed by atoms with van der Waals surface area (Å²) in [5.74, 6) is -0.574. The Morgan fingerprint density at radius 1 is 1.46 bits per heavy atom. The Bertz CT molecular complexity index is 850. The zero-order valence-corrected chi connectivity index (χ0v) is 14.8. The van der Waals surface area contributed by atoms with Gasteiger partial charge in [-0.05, 0) is 30.2 Å². The number of halogens is 2. The summed E-state index contributed by atoms with van der Waals surface area (Å²) in [5.41, 5.74) is 1.99. The Morgan fingerprint density at radius 3 is 2.83 bits per heavy atom. The number of aryl methyl sites for hydroxylation is 1. The maximum Gasteiger partial charge on any atom is 0.342 e. The zero-order valence-electron chi connectivity index (χ0n) is 12.5. The van der Waals surface area contributed by atoms with E-state index in [-0.39, 0.29) is 6.03 Å². The average Bonchev–Trinajstić information content (AvgIpc) is 2.97. The maximum absolute atomic E-state index is 11.9. The number of benzene rings is 1. The predicted octanol–water partition coefficient (Wildman–Crippen LogP) is 3.93. The Morgan fingerprint density at radius 2 is 2.25 bits per heavy atom. The molecule has 0 fully saturated rings. The highest BCUT2D eigenvalue weighted by Crippen LogP contribution is 2.38. The first-order valence-electron chi connectivity index (χ1n) is 6.92. The molecule has 1 aliphatic heterocycles. The lowest BCUT2D eigenvalue weighted by Crippen LogP contribution is -2.41. The number of nitriles is 1. The van der Waals surface area contributed by atoms with Crippen molar-refractivity contribution in [1.29, 1.82) is 5.26 Å². The number of carbonyl (C=O) groups excluding carboxylic acids is 1. The lowest BCUT2D eigenvalue weighted by Gasteiger charge is -2.23. The highest BCUT2D eigenvalue weighted by atomic mass is 35.5. The van der Waals surface area contributed by atoms with Gasteiger partial charge >= 0.3 is 6.03 Å². The van der Waals surface area contributed by atoms with Gasteiger partial charge in [-0.1, -0.05) is 23.2 Å². The molecule has 0 aliphatic carbocycles. The van der Waals surface area contributed by atoms with Crippen LogP contribution in [-0.4, -0.2) is 23.8 Å². The third kappa shape index (κ3) is 3.08. The molecule has 24 heavy (non-hydrogen) atoms. The van der Waals surface area contributed by atoms with Crippen LogP contribution in [0.2, 0.25) is 9.49 Å². The summed E-state index contributed by atoms with van der Waals surface area (Å²) in [6.07, 6.45) is 3.17. The van der Waals surface area contributed by atoms with Gasteiger partial charge in [-0.15, -0.1) is 11.3 Å². The number of nitrogens with one attached hydrogen (secondary N) is 1. The molecule has 0 radical (unpaired) electrons. The van der Waals surface area contributed by atoms with Crippen LogP contribution >= 0.6 is 34.5 Å². The monoisotopic (exact) mass is 379 g/mol. The average molecular weight is 380 g/mol. The van der Waals surface area contributed by atoms with Crippen molar-refractivity contribution in [3.05, 3.63) is 43.8 Å². The number of nitrogens with zero attached hydrogens (tertiary/aromatic N) is 4. The molecule has 2 heterocycles. The molecule has 0 bridgehead atoms. The van der Waals surface area contributed by atoms with Gasteiger partial charge in [-0.3, -0.25) is 0 Å². The molecule has 2 aromatic rings. The third-order valence-electron chi connectivity index (χ3n) is 3.50. The van der Waals surface area contributed by atoms with Gasteiger partial charge in [0.1, 0.15) is 5.92 Å². The molecule has 3 rings (SSSR count). The molecule has 0 saturated carbocycles. The first kappa shape index (κ1) is 16.7. The second kappa shape index (κ2) is 6.77. The molecule has 1 aliphatic rings. The van der Waals surface area contributed by atoms with Crippen molar-refractivity contribution in [2.75, 3.05) is 11.6 Å². The van der Waals surface area contributed by atoms with Crippen LogP contribution in [0.1, 0.15) is 21.9 Å². The molecule has 1 aromatic heterocycles. The van der Waals surface area contributed by atoms with Gasteiger partial charge in [-0.25, -0.2) is 9.78 Å². The van der Waals surface area contributed by atoms with E-state index in [2.05, 4.69) is 21.5 Å². The quantitative estimate of drug-likeness (QED) is 0.876. The second-order valence-corrected chi connectivity index (χ2v) is 7.08. The highest BCUT2D eigenvalue weighted by Gasteiger charge is 2.24. The van der Waals surface area contributed by atoms with Crippen molar-refractivity contribution < 1.29 is 4.79 Å². The number of thiazole rings is 1. The standard InChI is InChI=1S/C15H11Cl2N5OS/c1-8-4-9(22-15(23)19-2-3-21-22)5-11(16)13(8)10(6-18)12-7-20-14(17)24-12/h3-5,7,10H,2H2,1H3,(H,19,23). The van der Waals surface area contributed by atoms with E-state index in [0.29, 0.717) is 32.2 Å². The molecule has 2 amide bonds. The van der Waals surface area contributed by atoms with E-state index in [0.717, 1.165) is 5.56 Å². The van der Waals surface area contributed by atoms with Crippen molar-refractivity contribution >= 4 is 52.5 Å². The summed E-state index contributed by atoms with van der Waals surface area (Å²) >= 11 is 13.5. The van der Waals surface area contributed by atoms with Gasteiger partial charge in [0.25, 0.3) is 0 Å². The highest BCUT2D eigenvalue weighted by molar-refractivity contribution is 7.15. The van der Waals surface area contributed by atoms with E-state index < -0.39 is 5.92 Å². The molecule has 1 aromatic carbocycles. The van der Waals surface area contributed by atoms with Crippen molar-refractivity contribution in [3.8, 4) is 6.07 Å². The fourth-order valence-corrected chi connectivity index (χ4v) is 3.84. The van der Waals surface area contributed by atoms with Crippen LogP contribution in [0.3, 0.4) is 0 Å². The fourth-order valence-electron chi connectivity index (χ4n) is 2.46. The number of rotatable bonds is 3. The maximum atomic E-state index is 11.9. The Kier molecular flexibility index (Phi) is 4.71. The van der Waals surface area contributed by atoms with E-state index in [1.165, 1.54) is 16.3 Å². The number of carbonyl (C=O) groups is 1. The fraction of sp³-hybridized carbons (Fsp3) is 0.200. The molecule has 0 saturated heterocycles. The Hall–Kier alpha value is -2.14. The van der Waals surface area contributed by atoms with Crippen LogP contribution in [0.25, 0.3) is 0 Å². The molecule has 1 atom stereocenters. The van der Waals surface area contributed by atoms with Gasteiger partial charge in [0.05, 0.1) is 18.3 Å². The molecule has 6 nitrogen and oxygen atoms in total. The molecular formula is C15H11Cl2N5OS. The lowest BCUT2D eigenvalue weighted by atomic mass is 9.94.